The lowest BCUT2D eigenvalue weighted by atomic mass is 10.9. The highest BCUT2D eigenvalue weighted by Crippen LogP contribution is 2.02. The fourth-order valence-electron chi connectivity index (χ4n) is 0.680. The topological polar surface area (TPSA) is 35.5 Å². The van der Waals surface area contributed by atoms with Crippen molar-refractivity contribution in [2.75, 3.05) is 18.6 Å². The maximum atomic E-state index is 10.6. The van der Waals surface area contributed by atoms with Gasteiger partial charge in [-0.25, -0.2) is 0 Å². The Bertz CT molecular complexity index is 137. The summed E-state index contributed by atoms with van der Waals surface area (Å²) in [5, 5.41) is 0.944. The van der Waals surface area contributed by atoms with Gasteiger partial charge >= 0.3 is 0 Å². The van der Waals surface area contributed by atoms with Crippen LogP contribution in [-0.2, 0) is 14.3 Å². The Balaban J connectivity index is 3.49. The van der Waals surface area contributed by atoms with E-state index in [4.69, 9.17) is 9.47 Å². The zero-order chi connectivity index (χ0) is 10.1. The third-order valence-electron chi connectivity index (χ3n) is 1.16. The molecule has 0 saturated heterocycles. The fraction of sp³-hybridized carbons (Fsp3) is 0.875. The quantitative estimate of drug-likeness (QED) is 0.478. The zero-order valence-electron chi connectivity index (χ0n) is 8.33. The summed E-state index contributed by atoms with van der Waals surface area (Å²) < 4.78 is 10.7. The molecule has 0 aromatic carbocycles. The molecule has 0 aromatic rings. The molecule has 0 aliphatic rings. The molecule has 0 N–H and O–H groups in total. The van der Waals surface area contributed by atoms with Crippen molar-refractivity contribution in [3.8, 4) is 0 Å². The second-order valence-electron chi connectivity index (χ2n) is 2.23. The first-order chi connectivity index (χ1) is 6.20. The first-order valence-corrected chi connectivity index (χ1v) is 6.57. The van der Waals surface area contributed by atoms with E-state index in [-0.39, 0.29) is 11.0 Å². The Morgan fingerprint density at radius 1 is 1.38 bits per heavy atom. The van der Waals surface area contributed by atoms with E-state index in [1.807, 2.05) is 13.8 Å². The molecule has 76 valence electrons. The summed E-state index contributed by atoms with van der Waals surface area (Å²) in [6, 6.07) is 0. The van der Waals surface area contributed by atoms with Crippen LogP contribution in [0.15, 0.2) is 0 Å². The van der Waals surface area contributed by atoms with Gasteiger partial charge in [0, 0.05) is 20.1 Å². The monoisotopic (exact) mass is 220 g/mol. The Hall–Kier alpha value is 0.157. The summed E-state index contributed by atoms with van der Waals surface area (Å²) in [6.45, 7) is 6.76. The highest BCUT2D eigenvalue weighted by Gasteiger charge is 2.09. The Morgan fingerprint density at radius 3 is 2.31 bits per heavy atom. The van der Waals surface area contributed by atoms with Crippen LogP contribution < -0.4 is 0 Å². The minimum Gasteiger partial charge on any atom is -0.357 e. The van der Waals surface area contributed by atoms with Gasteiger partial charge in [0.15, 0.2) is 5.12 Å². The van der Waals surface area contributed by atoms with Gasteiger partial charge in [0.05, 0.1) is 0 Å². The maximum Gasteiger partial charge on any atom is 0.185 e. The third-order valence-corrected chi connectivity index (χ3v) is 3.48. The molecule has 0 aliphatic heterocycles. The van der Waals surface area contributed by atoms with Crippen LogP contribution in [0.2, 0.25) is 0 Å². The summed E-state index contributed by atoms with van der Waals surface area (Å²) >= 11 is 1.32. The summed E-state index contributed by atoms with van der Waals surface area (Å²) in [4.78, 5) is 10.6. The van der Waals surface area contributed by atoms with Crippen molar-refractivity contribution in [1.82, 2.24) is 0 Å². The van der Waals surface area contributed by atoms with Gasteiger partial charge < -0.3 is 9.47 Å². The van der Waals surface area contributed by atoms with Crippen molar-refractivity contribution < 1.29 is 14.3 Å². The van der Waals surface area contributed by atoms with E-state index >= 15 is 0 Å². The molecule has 0 aliphatic carbocycles. The molecule has 2 radical (unpaired) electrons. The van der Waals surface area contributed by atoms with Crippen molar-refractivity contribution in [2.45, 2.75) is 26.7 Å². The van der Waals surface area contributed by atoms with Crippen LogP contribution in [0, 0.1) is 0 Å². The predicted molar refractivity (Wildman–Crippen MR) is 55.9 cm³/mol. The number of rotatable bonds is 7. The molecule has 0 heterocycles. The molecule has 0 amide bonds. The van der Waals surface area contributed by atoms with E-state index < -0.39 is 0 Å². The van der Waals surface area contributed by atoms with Crippen LogP contribution in [-0.4, -0.2) is 39.1 Å². The number of hydrogen-bond donors (Lipinski definition) is 0. The van der Waals surface area contributed by atoms with Gasteiger partial charge in [-0.3, -0.25) is 4.79 Å². The van der Waals surface area contributed by atoms with Crippen molar-refractivity contribution in [3.63, 3.8) is 0 Å². The fourth-order valence-corrected chi connectivity index (χ4v) is 2.94. The van der Waals surface area contributed by atoms with Crippen LogP contribution >= 0.6 is 11.8 Å². The standard InChI is InChI=1S/C8H16O3SSi/c1-4-10-8(11-5-2)13-6-12-7(3)9/h8H,4-6H2,1-3H3. The van der Waals surface area contributed by atoms with E-state index in [1.165, 1.54) is 11.8 Å². The SMILES string of the molecule is CCOC(OCC)[Si]CSC(C)=O. The molecule has 0 saturated carbocycles. The lowest BCUT2D eigenvalue weighted by molar-refractivity contribution is -0.109. The highest BCUT2D eigenvalue weighted by atomic mass is 32.2. The smallest absolute Gasteiger partial charge is 0.185 e. The van der Waals surface area contributed by atoms with Crippen molar-refractivity contribution in [1.29, 1.82) is 0 Å². The number of ether oxygens (including phenoxy) is 2. The molecule has 13 heavy (non-hydrogen) atoms. The van der Waals surface area contributed by atoms with E-state index in [0.717, 1.165) is 5.38 Å². The second kappa shape index (κ2) is 8.74. The molecule has 0 atom stereocenters. The lowest BCUT2D eigenvalue weighted by Gasteiger charge is -2.15. The first-order valence-electron chi connectivity index (χ1n) is 4.30. The van der Waals surface area contributed by atoms with Crippen LogP contribution in [0.5, 0.6) is 0 Å². The highest BCUT2D eigenvalue weighted by molar-refractivity contribution is 8.14. The number of carbonyl (C=O) groups is 1. The molecule has 5 heteroatoms. The Kier molecular flexibility index (Phi) is 8.85. The van der Waals surface area contributed by atoms with Gasteiger partial charge in [0.1, 0.15) is 15.4 Å². The molecule has 3 nitrogen and oxygen atoms in total. The number of hydrogen-bond acceptors (Lipinski definition) is 4. The number of carbonyl (C=O) groups excluding carboxylic acids is 1. The molecule has 0 rings (SSSR count). The molecule has 0 unspecified atom stereocenters. The van der Waals surface area contributed by atoms with Crippen molar-refractivity contribution in [2.24, 2.45) is 0 Å². The van der Waals surface area contributed by atoms with Gasteiger partial charge in [-0.1, -0.05) is 11.8 Å². The van der Waals surface area contributed by atoms with E-state index in [9.17, 15) is 4.79 Å². The van der Waals surface area contributed by atoms with E-state index in [1.54, 1.807) is 6.92 Å². The molecule has 0 fully saturated rings. The third kappa shape index (κ3) is 8.49. The van der Waals surface area contributed by atoms with Gasteiger partial charge in [0.25, 0.3) is 0 Å². The molecular weight excluding hydrogens is 204 g/mol. The number of thioether (sulfide) groups is 1. The summed E-state index contributed by atoms with van der Waals surface area (Å²) in [5.41, 5.74) is 0. The first kappa shape index (κ1) is 13.2. The summed E-state index contributed by atoms with van der Waals surface area (Å²) in [6.07, 6.45) is 0. The second-order valence-corrected chi connectivity index (χ2v) is 5.12. The summed E-state index contributed by atoms with van der Waals surface area (Å²) in [5.74, 6) is -0.123. The van der Waals surface area contributed by atoms with Crippen LogP contribution in [0.1, 0.15) is 20.8 Å². The molecular formula is C8H16O3SSi. The van der Waals surface area contributed by atoms with Crippen molar-refractivity contribution >= 4 is 26.4 Å². The van der Waals surface area contributed by atoms with Crippen LogP contribution in [0.25, 0.3) is 0 Å². The van der Waals surface area contributed by atoms with Gasteiger partial charge in [-0.15, -0.1) is 0 Å². The Labute approximate surface area is 86.4 Å². The largest absolute Gasteiger partial charge is 0.357 e. The van der Waals surface area contributed by atoms with Gasteiger partial charge in [-0.05, 0) is 19.2 Å². The van der Waals surface area contributed by atoms with Crippen LogP contribution in [0.4, 0.5) is 0 Å². The van der Waals surface area contributed by atoms with Crippen LogP contribution in [0.3, 0.4) is 0 Å². The van der Waals surface area contributed by atoms with E-state index in [0.29, 0.717) is 22.7 Å². The molecule has 0 aromatic heterocycles. The van der Waals surface area contributed by atoms with Gasteiger partial charge in [0.2, 0.25) is 0 Å². The minimum atomic E-state index is -0.123. The van der Waals surface area contributed by atoms with Gasteiger partial charge in [-0.2, -0.15) is 0 Å². The Morgan fingerprint density at radius 2 is 1.92 bits per heavy atom. The predicted octanol–water partition coefficient (Wildman–Crippen LogP) is 1.28. The van der Waals surface area contributed by atoms with E-state index in [2.05, 4.69) is 0 Å². The summed E-state index contributed by atoms with van der Waals surface area (Å²) in [7, 11) is 0.527. The molecule has 0 spiro atoms. The zero-order valence-corrected chi connectivity index (χ0v) is 10.1. The minimum absolute atomic E-state index is 0.123. The maximum absolute atomic E-state index is 10.6. The molecule has 0 bridgehead atoms. The lowest BCUT2D eigenvalue weighted by Crippen LogP contribution is -2.26. The normalized spacial score (nSPS) is 10.8. The van der Waals surface area contributed by atoms with Crippen molar-refractivity contribution in [3.05, 3.63) is 0 Å². The average Bonchev–Trinajstić information content (AvgIpc) is 2.04. The average molecular weight is 220 g/mol.